The summed E-state index contributed by atoms with van der Waals surface area (Å²) in [5.41, 5.74) is 0.202. The quantitative estimate of drug-likeness (QED) is 0.668. The van der Waals surface area contributed by atoms with E-state index in [0.29, 0.717) is 6.61 Å². The van der Waals surface area contributed by atoms with Crippen molar-refractivity contribution in [1.29, 1.82) is 0 Å². The van der Waals surface area contributed by atoms with Crippen LogP contribution in [0.4, 0.5) is 0 Å². The van der Waals surface area contributed by atoms with Gasteiger partial charge in [0.1, 0.15) is 0 Å². The van der Waals surface area contributed by atoms with E-state index in [1.54, 1.807) is 0 Å². The van der Waals surface area contributed by atoms with Gasteiger partial charge in [-0.3, -0.25) is 0 Å². The second kappa shape index (κ2) is 5.61. The normalized spacial score (nSPS) is 21.7. The minimum absolute atomic E-state index is 0.202. The van der Waals surface area contributed by atoms with Gasteiger partial charge in [0, 0.05) is 19.8 Å². The van der Waals surface area contributed by atoms with Crippen molar-refractivity contribution in [3.05, 3.63) is 0 Å². The van der Waals surface area contributed by atoms with Gasteiger partial charge in [-0.1, -0.05) is 26.2 Å². The van der Waals surface area contributed by atoms with Crippen molar-refractivity contribution in [2.75, 3.05) is 19.8 Å². The molecule has 78 valence electrons. The molecule has 0 amide bonds. The van der Waals surface area contributed by atoms with Crippen molar-refractivity contribution >= 4 is 0 Å². The highest BCUT2D eigenvalue weighted by Gasteiger charge is 2.30. The minimum Gasteiger partial charge on any atom is -0.396 e. The second-order valence-corrected chi connectivity index (χ2v) is 4.23. The number of hydrogen-bond acceptors (Lipinski definition) is 2. The van der Waals surface area contributed by atoms with Crippen molar-refractivity contribution in [1.82, 2.24) is 0 Å². The molecule has 1 rings (SSSR count). The third-order valence-corrected chi connectivity index (χ3v) is 3.20. The van der Waals surface area contributed by atoms with E-state index in [4.69, 9.17) is 4.74 Å². The van der Waals surface area contributed by atoms with Gasteiger partial charge >= 0.3 is 0 Å². The summed E-state index contributed by atoms with van der Waals surface area (Å²) in [6, 6.07) is 0. The fourth-order valence-corrected chi connectivity index (χ4v) is 2.04. The Balaban J connectivity index is 2.29. The first kappa shape index (κ1) is 11.0. The van der Waals surface area contributed by atoms with Crippen LogP contribution in [-0.4, -0.2) is 24.9 Å². The average molecular weight is 186 g/mol. The summed E-state index contributed by atoms with van der Waals surface area (Å²) in [6.45, 7) is 4.25. The van der Waals surface area contributed by atoms with Crippen LogP contribution in [0.15, 0.2) is 0 Å². The van der Waals surface area contributed by atoms with Gasteiger partial charge in [0.05, 0.1) is 0 Å². The van der Waals surface area contributed by atoms with Gasteiger partial charge < -0.3 is 9.84 Å². The van der Waals surface area contributed by atoms with Gasteiger partial charge in [-0.2, -0.15) is 0 Å². The topological polar surface area (TPSA) is 29.5 Å². The van der Waals surface area contributed by atoms with Crippen LogP contribution in [0.3, 0.4) is 0 Å². The van der Waals surface area contributed by atoms with Crippen LogP contribution in [0.1, 0.15) is 45.4 Å². The van der Waals surface area contributed by atoms with Crippen molar-refractivity contribution in [3.8, 4) is 0 Å². The zero-order valence-corrected chi connectivity index (χ0v) is 8.72. The molecule has 0 aliphatic carbocycles. The predicted molar refractivity (Wildman–Crippen MR) is 53.7 cm³/mol. The lowest BCUT2D eigenvalue weighted by Crippen LogP contribution is -2.32. The molecule has 1 N–H and O–H groups in total. The summed E-state index contributed by atoms with van der Waals surface area (Å²) in [4.78, 5) is 0. The van der Waals surface area contributed by atoms with Crippen molar-refractivity contribution in [3.63, 3.8) is 0 Å². The summed E-state index contributed by atoms with van der Waals surface area (Å²) >= 11 is 0. The van der Waals surface area contributed by atoms with E-state index in [-0.39, 0.29) is 5.41 Å². The fourth-order valence-electron chi connectivity index (χ4n) is 2.04. The van der Waals surface area contributed by atoms with Crippen LogP contribution in [0.25, 0.3) is 0 Å². The third kappa shape index (κ3) is 3.28. The molecule has 1 saturated heterocycles. The number of aliphatic hydroxyl groups excluding tert-OH is 1. The first-order valence-electron chi connectivity index (χ1n) is 5.51. The maximum absolute atomic E-state index is 9.39. The maximum atomic E-state index is 9.39. The fraction of sp³-hybridized carbons (Fsp3) is 1.00. The largest absolute Gasteiger partial charge is 0.396 e. The first-order chi connectivity index (χ1) is 6.33. The highest BCUT2D eigenvalue weighted by atomic mass is 16.5. The molecule has 0 atom stereocenters. The molecule has 0 radical (unpaired) electrons. The van der Waals surface area contributed by atoms with E-state index in [2.05, 4.69) is 6.92 Å². The molecule has 2 nitrogen and oxygen atoms in total. The van der Waals surface area contributed by atoms with Gasteiger partial charge in [0.2, 0.25) is 0 Å². The third-order valence-electron chi connectivity index (χ3n) is 3.20. The van der Waals surface area contributed by atoms with Gasteiger partial charge in [0.15, 0.2) is 0 Å². The molecular formula is C11H22O2. The summed E-state index contributed by atoms with van der Waals surface area (Å²) in [5.74, 6) is 0. The van der Waals surface area contributed by atoms with Gasteiger partial charge in [0.25, 0.3) is 0 Å². The lowest BCUT2D eigenvalue weighted by atomic mass is 9.77. The number of rotatable bonds is 5. The first-order valence-corrected chi connectivity index (χ1v) is 5.51. The van der Waals surface area contributed by atoms with Gasteiger partial charge in [-0.05, 0) is 24.7 Å². The van der Waals surface area contributed by atoms with Crippen LogP contribution in [0, 0.1) is 5.41 Å². The van der Waals surface area contributed by atoms with E-state index in [1.807, 2.05) is 0 Å². The molecule has 0 spiro atoms. The number of hydrogen-bond donors (Lipinski definition) is 1. The van der Waals surface area contributed by atoms with E-state index in [0.717, 1.165) is 26.1 Å². The van der Waals surface area contributed by atoms with Crippen LogP contribution in [0.5, 0.6) is 0 Å². The molecule has 2 heteroatoms. The summed E-state index contributed by atoms with van der Waals surface area (Å²) in [7, 11) is 0. The van der Waals surface area contributed by atoms with Crippen molar-refractivity contribution < 1.29 is 9.84 Å². The molecule has 13 heavy (non-hydrogen) atoms. The molecule has 1 heterocycles. The Bertz CT molecular complexity index is 128. The van der Waals surface area contributed by atoms with Crippen molar-refractivity contribution in [2.24, 2.45) is 5.41 Å². The average Bonchev–Trinajstić information content (AvgIpc) is 2.20. The van der Waals surface area contributed by atoms with E-state index < -0.39 is 0 Å². The second-order valence-electron chi connectivity index (χ2n) is 4.23. The Hall–Kier alpha value is -0.0800. The van der Waals surface area contributed by atoms with Crippen LogP contribution < -0.4 is 0 Å². The Kier molecular flexibility index (Phi) is 4.74. The zero-order valence-electron chi connectivity index (χ0n) is 8.72. The predicted octanol–water partition coefficient (Wildman–Crippen LogP) is 2.36. The van der Waals surface area contributed by atoms with Gasteiger partial charge in [-0.25, -0.2) is 0 Å². The van der Waals surface area contributed by atoms with E-state index >= 15 is 0 Å². The number of unbranched alkanes of at least 4 members (excludes halogenated alkanes) is 2. The van der Waals surface area contributed by atoms with Crippen LogP contribution in [-0.2, 0) is 4.74 Å². The van der Waals surface area contributed by atoms with Crippen LogP contribution >= 0.6 is 0 Å². The number of aliphatic hydroxyl groups is 1. The van der Waals surface area contributed by atoms with E-state index in [9.17, 15) is 5.11 Å². The molecule has 0 aromatic rings. The lowest BCUT2D eigenvalue weighted by molar-refractivity contribution is -0.0218. The maximum Gasteiger partial charge on any atom is 0.0489 e. The molecule has 1 aliphatic heterocycles. The smallest absolute Gasteiger partial charge is 0.0489 e. The Morgan fingerprint density at radius 1 is 1.23 bits per heavy atom. The number of ether oxygens (including phenoxy) is 1. The Morgan fingerprint density at radius 2 is 1.92 bits per heavy atom. The standard InChI is InChI=1S/C11H22O2/c1-2-3-4-5-11(10-12)6-8-13-9-7-11/h12H,2-10H2,1H3. The van der Waals surface area contributed by atoms with E-state index in [1.165, 1.54) is 25.7 Å². The molecule has 1 fully saturated rings. The molecule has 0 aromatic heterocycles. The summed E-state index contributed by atoms with van der Waals surface area (Å²) in [5, 5.41) is 9.39. The molecule has 0 saturated carbocycles. The summed E-state index contributed by atoms with van der Waals surface area (Å²) in [6.07, 6.45) is 7.10. The molecular weight excluding hydrogens is 164 g/mol. The molecule has 0 aromatic carbocycles. The summed E-state index contributed by atoms with van der Waals surface area (Å²) < 4.78 is 5.32. The highest BCUT2D eigenvalue weighted by Crippen LogP contribution is 2.35. The SMILES string of the molecule is CCCCCC1(CO)CCOCC1. The zero-order chi connectivity index (χ0) is 9.57. The van der Waals surface area contributed by atoms with Crippen LogP contribution in [0.2, 0.25) is 0 Å². The molecule has 1 aliphatic rings. The molecule has 0 bridgehead atoms. The van der Waals surface area contributed by atoms with Gasteiger partial charge in [-0.15, -0.1) is 0 Å². The monoisotopic (exact) mass is 186 g/mol. The minimum atomic E-state index is 0.202. The van der Waals surface area contributed by atoms with Crippen molar-refractivity contribution in [2.45, 2.75) is 45.4 Å². The lowest BCUT2D eigenvalue weighted by Gasteiger charge is -2.35. The Labute approximate surface area is 81.3 Å². The molecule has 0 unspecified atom stereocenters. The Morgan fingerprint density at radius 3 is 2.46 bits per heavy atom. The highest BCUT2D eigenvalue weighted by molar-refractivity contribution is 4.80.